The molecule has 1 heterocycles. The minimum absolute atomic E-state index is 0.195. The number of esters is 1. The van der Waals surface area contributed by atoms with Crippen molar-refractivity contribution in [3.8, 4) is 28.4 Å². The number of hydrogen-bond acceptors (Lipinski definition) is 6. The predicted molar refractivity (Wildman–Crippen MR) is 117 cm³/mol. The van der Waals surface area contributed by atoms with Crippen molar-refractivity contribution >= 4 is 28.5 Å². The maximum absolute atomic E-state index is 12.9. The second-order valence-electron chi connectivity index (χ2n) is 6.63. The van der Waals surface area contributed by atoms with E-state index in [4.69, 9.17) is 30.2 Å². The maximum Gasteiger partial charge on any atom is 0.343 e. The zero-order chi connectivity index (χ0) is 22.0. The second kappa shape index (κ2) is 8.53. The van der Waals surface area contributed by atoms with Crippen LogP contribution in [0.5, 0.6) is 17.2 Å². The average Bonchev–Trinajstić information content (AvgIpc) is 2.79. The predicted octanol–water partition coefficient (Wildman–Crippen LogP) is 5.35. The van der Waals surface area contributed by atoms with E-state index < -0.39 is 5.97 Å². The zero-order valence-electron chi connectivity index (χ0n) is 16.7. The van der Waals surface area contributed by atoms with Crippen molar-refractivity contribution in [1.29, 1.82) is 0 Å². The number of halogens is 1. The molecule has 6 nitrogen and oxygen atoms in total. The van der Waals surface area contributed by atoms with Gasteiger partial charge in [0.1, 0.15) is 29.1 Å². The van der Waals surface area contributed by atoms with Gasteiger partial charge in [-0.1, -0.05) is 23.7 Å². The molecular weight excluding hydrogens is 420 g/mol. The first-order valence-electron chi connectivity index (χ1n) is 9.25. The molecule has 0 atom stereocenters. The Balaban J connectivity index is 1.64. The average molecular weight is 437 g/mol. The lowest BCUT2D eigenvalue weighted by atomic mass is 10.1. The Kier molecular flexibility index (Phi) is 5.64. The molecule has 4 aromatic rings. The highest BCUT2D eigenvalue weighted by atomic mass is 35.5. The van der Waals surface area contributed by atoms with Gasteiger partial charge < -0.3 is 18.6 Å². The fourth-order valence-corrected chi connectivity index (χ4v) is 3.22. The molecule has 0 amide bonds. The summed E-state index contributed by atoms with van der Waals surface area (Å²) in [6.45, 7) is 0. The lowest BCUT2D eigenvalue weighted by Crippen LogP contribution is -2.10. The van der Waals surface area contributed by atoms with Crippen LogP contribution in [0.25, 0.3) is 22.1 Å². The van der Waals surface area contributed by atoms with Crippen LogP contribution in [0.2, 0.25) is 5.02 Å². The molecule has 156 valence electrons. The first-order valence-corrected chi connectivity index (χ1v) is 9.63. The largest absolute Gasteiger partial charge is 0.497 e. The number of fused-ring (bicyclic) bond motifs is 1. The summed E-state index contributed by atoms with van der Waals surface area (Å²) < 4.78 is 21.4. The van der Waals surface area contributed by atoms with E-state index in [2.05, 4.69) is 0 Å². The normalized spacial score (nSPS) is 10.7. The van der Waals surface area contributed by atoms with E-state index in [1.165, 1.54) is 26.5 Å². The van der Waals surface area contributed by atoms with Crippen LogP contribution in [0, 0.1) is 0 Å². The molecule has 0 aliphatic carbocycles. The van der Waals surface area contributed by atoms with Gasteiger partial charge in [0, 0.05) is 17.2 Å². The van der Waals surface area contributed by atoms with Crippen molar-refractivity contribution in [3.63, 3.8) is 0 Å². The van der Waals surface area contributed by atoms with Crippen molar-refractivity contribution < 1.29 is 23.4 Å². The lowest BCUT2D eigenvalue weighted by molar-refractivity contribution is 0.0734. The Hall–Kier alpha value is -3.77. The van der Waals surface area contributed by atoms with Gasteiger partial charge >= 0.3 is 5.97 Å². The van der Waals surface area contributed by atoms with Crippen LogP contribution < -0.4 is 19.6 Å². The highest BCUT2D eigenvalue weighted by Gasteiger charge is 2.15. The molecule has 0 aliphatic rings. The standard InChI is InChI=1S/C24H17ClO6/c1-28-18-9-15(10-19(11-18)29-2)24(27)31-17-7-8-20-22(12-17)30-13-21(23(20)26)14-3-5-16(25)6-4-14/h3-13H,1-2H3. The number of rotatable bonds is 5. The second-order valence-corrected chi connectivity index (χ2v) is 7.07. The maximum atomic E-state index is 12.9. The fourth-order valence-electron chi connectivity index (χ4n) is 3.09. The van der Waals surface area contributed by atoms with Gasteiger partial charge in [-0.15, -0.1) is 0 Å². The molecule has 0 N–H and O–H groups in total. The van der Waals surface area contributed by atoms with Crippen molar-refractivity contribution in [2.24, 2.45) is 0 Å². The molecule has 0 saturated carbocycles. The van der Waals surface area contributed by atoms with Crippen molar-refractivity contribution in [2.75, 3.05) is 14.2 Å². The molecule has 0 fully saturated rings. The van der Waals surface area contributed by atoms with Crippen molar-refractivity contribution in [1.82, 2.24) is 0 Å². The Morgan fingerprint density at radius 1 is 0.871 bits per heavy atom. The molecular formula is C24H17ClO6. The van der Waals surface area contributed by atoms with E-state index in [-0.39, 0.29) is 16.7 Å². The zero-order valence-corrected chi connectivity index (χ0v) is 17.4. The van der Waals surface area contributed by atoms with Gasteiger partial charge in [-0.2, -0.15) is 0 Å². The third kappa shape index (κ3) is 4.25. The van der Waals surface area contributed by atoms with Gasteiger partial charge in [0.05, 0.1) is 30.7 Å². The van der Waals surface area contributed by atoms with Crippen molar-refractivity contribution in [3.05, 3.63) is 87.7 Å². The molecule has 0 aliphatic heterocycles. The van der Waals surface area contributed by atoms with Crippen LogP contribution in [0.1, 0.15) is 10.4 Å². The summed E-state index contributed by atoms with van der Waals surface area (Å²) in [5.41, 5.74) is 1.48. The smallest absolute Gasteiger partial charge is 0.343 e. The van der Waals surface area contributed by atoms with Gasteiger partial charge in [0.25, 0.3) is 0 Å². The topological polar surface area (TPSA) is 75.0 Å². The molecule has 0 spiro atoms. The number of hydrogen-bond donors (Lipinski definition) is 0. The minimum atomic E-state index is -0.600. The Labute approximate surface area is 182 Å². The Bertz CT molecular complexity index is 1300. The van der Waals surface area contributed by atoms with Gasteiger partial charge in [-0.25, -0.2) is 4.79 Å². The summed E-state index contributed by atoms with van der Waals surface area (Å²) in [7, 11) is 2.99. The third-order valence-corrected chi connectivity index (χ3v) is 4.95. The minimum Gasteiger partial charge on any atom is -0.497 e. The van der Waals surface area contributed by atoms with Crippen LogP contribution in [-0.4, -0.2) is 20.2 Å². The van der Waals surface area contributed by atoms with E-state index in [1.54, 1.807) is 54.6 Å². The van der Waals surface area contributed by atoms with E-state index in [0.29, 0.717) is 38.6 Å². The summed E-state index contributed by atoms with van der Waals surface area (Å²) in [5, 5.41) is 0.948. The Morgan fingerprint density at radius 3 is 2.19 bits per heavy atom. The first-order chi connectivity index (χ1) is 15.0. The highest BCUT2D eigenvalue weighted by Crippen LogP contribution is 2.26. The van der Waals surface area contributed by atoms with Crippen LogP contribution in [0.4, 0.5) is 0 Å². The van der Waals surface area contributed by atoms with Crippen LogP contribution in [-0.2, 0) is 0 Å². The van der Waals surface area contributed by atoms with E-state index in [9.17, 15) is 9.59 Å². The number of methoxy groups -OCH3 is 2. The van der Waals surface area contributed by atoms with Crippen LogP contribution in [0.3, 0.4) is 0 Å². The first kappa shape index (κ1) is 20.5. The lowest BCUT2D eigenvalue weighted by Gasteiger charge is -2.09. The van der Waals surface area contributed by atoms with E-state index in [1.807, 2.05) is 0 Å². The van der Waals surface area contributed by atoms with Crippen LogP contribution in [0.15, 0.2) is 76.1 Å². The van der Waals surface area contributed by atoms with Crippen molar-refractivity contribution in [2.45, 2.75) is 0 Å². The summed E-state index contributed by atoms with van der Waals surface area (Å²) in [5.74, 6) is 0.564. The third-order valence-electron chi connectivity index (χ3n) is 4.70. The highest BCUT2D eigenvalue weighted by molar-refractivity contribution is 6.30. The summed E-state index contributed by atoms with van der Waals surface area (Å²) >= 11 is 5.91. The molecule has 7 heteroatoms. The molecule has 0 saturated heterocycles. The van der Waals surface area contributed by atoms with Gasteiger partial charge in [0.15, 0.2) is 5.43 Å². The molecule has 3 aromatic carbocycles. The monoisotopic (exact) mass is 436 g/mol. The quantitative estimate of drug-likeness (QED) is 0.310. The SMILES string of the molecule is COc1cc(OC)cc(C(=O)Oc2ccc3c(=O)c(-c4ccc(Cl)cc4)coc3c2)c1. The number of carbonyl (C=O) groups is 1. The summed E-state index contributed by atoms with van der Waals surface area (Å²) in [6, 6.07) is 16.3. The van der Waals surface area contributed by atoms with E-state index >= 15 is 0 Å². The molecule has 0 radical (unpaired) electrons. The molecule has 1 aromatic heterocycles. The number of benzene rings is 3. The summed E-state index contributed by atoms with van der Waals surface area (Å²) in [4.78, 5) is 25.5. The molecule has 31 heavy (non-hydrogen) atoms. The van der Waals surface area contributed by atoms with E-state index in [0.717, 1.165) is 0 Å². The fraction of sp³-hybridized carbons (Fsp3) is 0.0833. The van der Waals surface area contributed by atoms with Crippen LogP contribution >= 0.6 is 11.6 Å². The van der Waals surface area contributed by atoms with Gasteiger partial charge in [-0.05, 0) is 42.0 Å². The van der Waals surface area contributed by atoms with Gasteiger partial charge in [0.2, 0.25) is 0 Å². The van der Waals surface area contributed by atoms with Gasteiger partial charge in [-0.3, -0.25) is 4.79 Å². The Morgan fingerprint density at radius 2 is 1.55 bits per heavy atom. The number of ether oxygens (including phenoxy) is 3. The molecule has 0 bridgehead atoms. The molecule has 0 unspecified atom stereocenters. The number of carbonyl (C=O) groups excluding carboxylic acids is 1. The summed E-state index contributed by atoms with van der Waals surface area (Å²) in [6.07, 6.45) is 1.38. The molecule has 4 rings (SSSR count).